The lowest BCUT2D eigenvalue weighted by atomic mass is 10.2. The van der Waals surface area contributed by atoms with Crippen molar-refractivity contribution < 1.29 is 14.6 Å². The Morgan fingerprint density at radius 1 is 1.25 bits per heavy atom. The molecular formula is C15H22N2O3. The molecule has 110 valence electrons. The van der Waals surface area contributed by atoms with Gasteiger partial charge in [-0.05, 0) is 18.6 Å². The van der Waals surface area contributed by atoms with Crippen LogP contribution >= 0.6 is 0 Å². The van der Waals surface area contributed by atoms with Crippen LogP contribution in [0.1, 0.15) is 6.42 Å². The summed E-state index contributed by atoms with van der Waals surface area (Å²) in [6, 6.07) is 9.73. The van der Waals surface area contributed by atoms with Gasteiger partial charge in [-0.25, -0.2) is 0 Å². The summed E-state index contributed by atoms with van der Waals surface area (Å²) in [5, 5.41) is 9.02. The minimum absolute atomic E-state index is 0.0487. The van der Waals surface area contributed by atoms with Crippen LogP contribution in [0.2, 0.25) is 0 Å². The molecule has 20 heavy (non-hydrogen) atoms. The van der Waals surface area contributed by atoms with Gasteiger partial charge in [-0.1, -0.05) is 18.2 Å². The van der Waals surface area contributed by atoms with Crippen LogP contribution in [0.15, 0.2) is 30.3 Å². The Morgan fingerprint density at radius 2 is 1.95 bits per heavy atom. The minimum atomic E-state index is -0.791. The molecular weight excluding hydrogens is 256 g/mol. The summed E-state index contributed by atoms with van der Waals surface area (Å²) in [5.74, 6) is -0.791. The Balaban J connectivity index is 1.83. The van der Waals surface area contributed by atoms with Crippen LogP contribution in [0.3, 0.4) is 0 Å². The topological polar surface area (TPSA) is 53.0 Å². The number of hydrogen-bond donors (Lipinski definition) is 1. The molecule has 1 fully saturated rings. The van der Waals surface area contributed by atoms with Gasteiger partial charge in [0.25, 0.3) is 0 Å². The van der Waals surface area contributed by atoms with Crippen molar-refractivity contribution in [2.75, 3.05) is 50.8 Å². The van der Waals surface area contributed by atoms with Crippen LogP contribution in [0.4, 0.5) is 5.69 Å². The number of morpholine rings is 1. The largest absolute Gasteiger partial charge is 0.480 e. The van der Waals surface area contributed by atoms with Gasteiger partial charge in [-0.15, -0.1) is 0 Å². The molecule has 1 heterocycles. The fourth-order valence-electron chi connectivity index (χ4n) is 2.41. The number of carbonyl (C=O) groups is 1. The Kier molecular flexibility index (Phi) is 5.83. The number of para-hydroxylation sites is 1. The molecule has 0 saturated carbocycles. The summed E-state index contributed by atoms with van der Waals surface area (Å²) in [4.78, 5) is 15.3. The second kappa shape index (κ2) is 7.87. The van der Waals surface area contributed by atoms with Crippen molar-refractivity contribution in [3.8, 4) is 0 Å². The number of benzene rings is 1. The highest BCUT2D eigenvalue weighted by Gasteiger charge is 2.13. The van der Waals surface area contributed by atoms with Crippen LogP contribution in [-0.2, 0) is 9.53 Å². The minimum Gasteiger partial charge on any atom is -0.480 e. The maximum absolute atomic E-state index is 11.0. The third-order valence-electron chi connectivity index (χ3n) is 3.45. The fraction of sp³-hybridized carbons (Fsp3) is 0.533. The van der Waals surface area contributed by atoms with E-state index in [0.717, 1.165) is 51.5 Å². The molecule has 1 aliphatic heterocycles. The van der Waals surface area contributed by atoms with Gasteiger partial charge in [0, 0.05) is 31.9 Å². The smallest absolute Gasteiger partial charge is 0.323 e. The maximum atomic E-state index is 11.0. The molecule has 1 aromatic rings. The van der Waals surface area contributed by atoms with Gasteiger partial charge in [0.05, 0.1) is 13.2 Å². The number of carboxylic acids is 1. The molecule has 5 heteroatoms. The second-order valence-electron chi connectivity index (χ2n) is 4.96. The van der Waals surface area contributed by atoms with Crippen molar-refractivity contribution in [2.45, 2.75) is 6.42 Å². The molecule has 5 nitrogen and oxygen atoms in total. The van der Waals surface area contributed by atoms with E-state index in [2.05, 4.69) is 4.90 Å². The predicted molar refractivity (Wildman–Crippen MR) is 78.2 cm³/mol. The number of carboxylic acid groups (broad SMARTS) is 1. The van der Waals surface area contributed by atoms with Crippen LogP contribution in [-0.4, -0.2) is 61.9 Å². The molecule has 0 unspecified atom stereocenters. The van der Waals surface area contributed by atoms with Crippen LogP contribution in [0.25, 0.3) is 0 Å². The highest BCUT2D eigenvalue weighted by molar-refractivity contribution is 5.73. The highest BCUT2D eigenvalue weighted by atomic mass is 16.5. The lowest BCUT2D eigenvalue weighted by Crippen LogP contribution is -2.38. The number of hydrogen-bond acceptors (Lipinski definition) is 4. The van der Waals surface area contributed by atoms with Crippen LogP contribution in [0, 0.1) is 0 Å². The molecule has 1 saturated heterocycles. The van der Waals surface area contributed by atoms with E-state index in [0.29, 0.717) is 0 Å². The molecule has 0 radical (unpaired) electrons. The third kappa shape index (κ3) is 4.83. The standard InChI is InChI=1S/C15H22N2O3/c18-15(19)13-17(14-5-2-1-3-6-14)8-4-7-16-9-11-20-12-10-16/h1-3,5-6H,4,7-13H2,(H,18,19). The van der Waals surface area contributed by atoms with E-state index in [1.165, 1.54) is 0 Å². The first-order valence-corrected chi connectivity index (χ1v) is 7.07. The normalized spacial score (nSPS) is 16.0. The highest BCUT2D eigenvalue weighted by Crippen LogP contribution is 2.13. The summed E-state index contributed by atoms with van der Waals surface area (Å²) in [6.45, 7) is 5.36. The first kappa shape index (κ1) is 14.8. The van der Waals surface area contributed by atoms with Gasteiger partial charge in [0.2, 0.25) is 0 Å². The van der Waals surface area contributed by atoms with E-state index in [1.807, 2.05) is 35.2 Å². The molecule has 1 N–H and O–H groups in total. The zero-order valence-corrected chi connectivity index (χ0v) is 11.7. The van der Waals surface area contributed by atoms with Crippen molar-refractivity contribution in [1.29, 1.82) is 0 Å². The van der Waals surface area contributed by atoms with Gasteiger partial charge in [-0.3, -0.25) is 9.69 Å². The lowest BCUT2D eigenvalue weighted by Gasteiger charge is -2.28. The molecule has 0 spiro atoms. The predicted octanol–water partition coefficient (Wildman–Crippen LogP) is 1.30. The first-order chi connectivity index (χ1) is 9.75. The van der Waals surface area contributed by atoms with Crippen molar-refractivity contribution in [3.05, 3.63) is 30.3 Å². The van der Waals surface area contributed by atoms with Gasteiger partial charge in [0.1, 0.15) is 6.54 Å². The second-order valence-corrected chi connectivity index (χ2v) is 4.96. The van der Waals surface area contributed by atoms with Crippen LogP contribution in [0.5, 0.6) is 0 Å². The quantitative estimate of drug-likeness (QED) is 0.815. The van der Waals surface area contributed by atoms with Gasteiger partial charge < -0.3 is 14.7 Å². The Hall–Kier alpha value is -1.59. The molecule has 1 aliphatic rings. The summed E-state index contributed by atoms with van der Waals surface area (Å²) < 4.78 is 5.32. The third-order valence-corrected chi connectivity index (χ3v) is 3.45. The SMILES string of the molecule is O=C(O)CN(CCCN1CCOCC1)c1ccccc1. The summed E-state index contributed by atoms with van der Waals surface area (Å²) in [5.41, 5.74) is 0.969. The van der Waals surface area contributed by atoms with Crippen LogP contribution < -0.4 is 4.90 Å². The van der Waals surface area contributed by atoms with E-state index in [1.54, 1.807) is 0 Å². The molecule has 0 aromatic heterocycles. The average Bonchev–Trinajstić information content (AvgIpc) is 2.48. The number of ether oxygens (including phenoxy) is 1. The molecule has 0 bridgehead atoms. The van der Waals surface area contributed by atoms with E-state index in [9.17, 15) is 4.79 Å². The Labute approximate surface area is 119 Å². The Morgan fingerprint density at radius 3 is 2.60 bits per heavy atom. The summed E-state index contributed by atoms with van der Waals surface area (Å²) >= 11 is 0. The average molecular weight is 278 g/mol. The zero-order chi connectivity index (χ0) is 14.2. The molecule has 1 aromatic carbocycles. The van der Waals surface area contributed by atoms with E-state index in [-0.39, 0.29) is 6.54 Å². The molecule has 0 atom stereocenters. The van der Waals surface area contributed by atoms with E-state index in [4.69, 9.17) is 9.84 Å². The lowest BCUT2D eigenvalue weighted by molar-refractivity contribution is -0.135. The first-order valence-electron chi connectivity index (χ1n) is 7.07. The van der Waals surface area contributed by atoms with Crippen molar-refractivity contribution in [3.63, 3.8) is 0 Å². The van der Waals surface area contributed by atoms with Crippen molar-refractivity contribution in [2.24, 2.45) is 0 Å². The number of aliphatic carboxylic acids is 1. The summed E-state index contributed by atoms with van der Waals surface area (Å²) in [6.07, 6.45) is 0.960. The molecule has 0 aliphatic carbocycles. The molecule has 2 rings (SSSR count). The monoisotopic (exact) mass is 278 g/mol. The number of anilines is 1. The number of rotatable bonds is 7. The zero-order valence-electron chi connectivity index (χ0n) is 11.7. The van der Waals surface area contributed by atoms with E-state index < -0.39 is 5.97 Å². The number of nitrogens with zero attached hydrogens (tertiary/aromatic N) is 2. The van der Waals surface area contributed by atoms with Gasteiger partial charge >= 0.3 is 5.97 Å². The maximum Gasteiger partial charge on any atom is 0.323 e. The van der Waals surface area contributed by atoms with Gasteiger partial charge in [0.15, 0.2) is 0 Å². The Bertz CT molecular complexity index is 405. The molecule has 0 amide bonds. The van der Waals surface area contributed by atoms with E-state index >= 15 is 0 Å². The van der Waals surface area contributed by atoms with Gasteiger partial charge in [-0.2, -0.15) is 0 Å². The fourth-order valence-corrected chi connectivity index (χ4v) is 2.41. The van der Waals surface area contributed by atoms with Crippen molar-refractivity contribution >= 4 is 11.7 Å². The summed E-state index contributed by atoms with van der Waals surface area (Å²) in [7, 11) is 0. The van der Waals surface area contributed by atoms with Crippen molar-refractivity contribution in [1.82, 2.24) is 4.90 Å².